The molecule has 0 spiro atoms. The van der Waals surface area contributed by atoms with Crippen LogP contribution in [0, 0.1) is 6.92 Å². The van der Waals surface area contributed by atoms with Gasteiger partial charge in [-0.05, 0) is 42.8 Å². The van der Waals surface area contributed by atoms with E-state index in [-0.39, 0.29) is 0 Å². The number of allylic oxidation sites excluding steroid dienone is 1. The first-order valence-electron chi connectivity index (χ1n) is 8.71. The lowest BCUT2D eigenvalue weighted by atomic mass is 10.0. The van der Waals surface area contributed by atoms with E-state index in [2.05, 4.69) is 17.2 Å². The van der Waals surface area contributed by atoms with Crippen LogP contribution in [0.4, 0.5) is 5.69 Å². The van der Waals surface area contributed by atoms with Gasteiger partial charge in [0.15, 0.2) is 5.75 Å². The van der Waals surface area contributed by atoms with E-state index < -0.39 is 11.7 Å². The fourth-order valence-corrected chi connectivity index (χ4v) is 2.67. The number of methoxy groups -OCH3 is 1. The van der Waals surface area contributed by atoms with E-state index in [4.69, 9.17) is 9.15 Å². The van der Waals surface area contributed by atoms with Crippen LogP contribution in [0.2, 0.25) is 0 Å². The van der Waals surface area contributed by atoms with E-state index in [0.29, 0.717) is 29.2 Å². The van der Waals surface area contributed by atoms with E-state index >= 15 is 0 Å². The predicted molar refractivity (Wildman–Crippen MR) is 106 cm³/mol. The molecule has 0 saturated carbocycles. The molecule has 2 heterocycles. The number of nitrogens with one attached hydrogen (secondary N) is 2. The average molecular weight is 368 g/mol. The fraction of sp³-hybridized carbons (Fsp3) is 0.238. The highest BCUT2D eigenvalue weighted by atomic mass is 16.5. The summed E-state index contributed by atoms with van der Waals surface area (Å²) in [7, 11) is 1.51. The number of hydrogen-bond acceptors (Lipinski definition) is 5. The van der Waals surface area contributed by atoms with Crippen molar-refractivity contribution in [3.05, 3.63) is 65.3 Å². The summed E-state index contributed by atoms with van der Waals surface area (Å²) in [6, 6.07) is 5.39. The highest BCUT2D eigenvalue weighted by Crippen LogP contribution is 2.39. The molecule has 0 saturated heterocycles. The maximum absolute atomic E-state index is 11.9. The molecule has 142 valence electrons. The molecule has 2 N–H and O–H groups in total. The summed E-state index contributed by atoms with van der Waals surface area (Å²) in [5.74, 6) is 0.0844. The first-order valence-corrected chi connectivity index (χ1v) is 8.71. The van der Waals surface area contributed by atoms with Gasteiger partial charge in [-0.1, -0.05) is 20.4 Å². The highest BCUT2D eigenvalue weighted by Gasteiger charge is 2.32. The van der Waals surface area contributed by atoms with Crippen molar-refractivity contribution >= 4 is 23.5 Å². The summed E-state index contributed by atoms with van der Waals surface area (Å²) in [5, 5.41) is 5.71. The van der Waals surface area contributed by atoms with Gasteiger partial charge in [0.25, 0.3) is 11.7 Å². The smallest absolute Gasteiger partial charge is 0.296 e. The molecular weight excluding hydrogens is 344 g/mol. The molecule has 1 aromatic carbocycles. The van der Waals surface area contributed by atoms with Crippen LogP contribution in [0.3, 0.4) is 0 Å². The molecule has 0 bridgehead atoms. The summed E-state index contributed by atoms with van der Waals surface area (Å²) in [6.45, 7) is 10.3. The average Bonchev–Trinajstić information content (AvgIpc) is 3.29. The zero-order valence-electron chi connectivity index (χ0n) is 16.0. The Labute approximate surface area is 158 Å². The van der Waals surface area contributed by atoms with Crippen LogP contribution in [-0.2, 0) is 11.3 Å². The number of carbonyl (C=O) groups is 2. The number of amides is 1. The van der Waals surface area contributed by atoms with Crippen LogP contribution >= 0.6 is 0 Å². The van der Waals surface area contributed by atoms with Gasteiger partial charge in [0.1, 0.15) is 5.76 Å². The third-order valence-corrected chi connectivity index (χ3v) is 3.94. The minimum Gasteiger partial charge on any atom is -0.494 e. The molecule has 0 fully saturated rings. The third kappa shape index (κ3) is 4.28. The lowest BCUT2D eigenvalue weighted by Crippen LogP contribution is -2.12. The van der Waals surface area contributed by atoms with Crippen LogP contribution < -0.4 is 15.4 Å². The van der Waals surface area contributed by atoms with Crippen molar-refractivity contribution < 1.29 is 18.7 Å². The maximum Gasteiger partial charge on any atom is 0.296 e. The number of furan rings is 1. The summed E-state index contributed by atoms with van der Waals surface area (Å²) < 4.78 is 10.7. The van der Waals surface area contributed by atoms with E-state index in [9.17, 15) is 9.59 Å². The summed E-state index contributed by atoms with van der Waals surface area (Å²) in [6.07, 6.45) is 5.25. The predicted octanol–water partition coefficient (Wildman–Crippen LogP) is 4.07. The minimum absolute atomic E-state index is 0.339. The molecule has 2 aromatic rings. The molecule has 3 rings (SSSR count). The van der Waals surface area contributed by atoms with E-state index in [0.717, 1.165) is 16.9 Å². The Bertz CT molecular complexity index is 880. The second-order valence-corrected chi connectivity index (χ2v) is 5.64. The Morgan fingerprint density at radius 1 is 1.37 bits per heavy atom. The summed E-state index contributed by atoms with van der Waals surface area (Å²) in [5.41, 5.74) is 3.05. The Morgan fingerprint density at radius 2 is 2.11 bits per heavy atom. The first kappa shape index (κ1) is 20.0. The van der Waals surface area contributed by atoms with Crippen molar-refractivity contribution in [1.82, 2.24) is 5.32 Å². The quantitative estimate of drug-likeness (QED) is 0.593. The van der Waals surface area contributed by atoms with Crippen molar-refractivity contribution in [1.29, 1.82) is 0 Å². The maximum atomic E-state index is 11.9. The molecule has 1 amide bonds. The van der Waals surface area contributed by atoms with Crippen molar-refractivity contribution in [3.63, 3.8) is 0 Å². The minimum atomic E-state index is -0.640. The van der Waals surface area contributed by atoms with Gasteiger partial charge >= 0.3 is 0 Å². The van der Waals surface area contributed by atoms with E-state index in [1.807, 2.05) is 39.0 Å². The van der Waals surface area contributed by atoms with Gasteiger partial charge in [-0.15, -0.1) is 0 Å². The molecule has 0 atom stereocenters. The number of anilines is 1. The van der Waals surface area contributed by atoms with Crippen LogP contribution in [0.25, 0.3) is 6.08 Å². The van der Waals surface area contributed by atoms with Crippen molar-refractivity contribution in [2.45, 2.75) is 27.3 Å². The van der Waals surface area contributed by atoms with E-state index in [1.165, 1.54) is 7.11 Å². The number of ether oxygens (including phenoxy) is 1. The van der Waals surface area contributed by atoms with Crippen LogP contribution in [0.5, 0.6) is 5.75 Å². The molecule has 0 aliphatic carbocycles. The van der Waals surface area contributed by atoms with Crippen LogP contribution in [0.15, 0.2) is 47.2 Å². The van der Waals surface area contributed by atoms with Crippen molar-refractivity contribution in [2.75, 3.05) is 12.4 Å². The number of Topliss-reactive ketones (excluding diaryl/α,β-unsaturated/α-hetero) is 1. The largest absolute Gasteiger partial charge is 0.494 e. The summed E-state index contributed by atoms with van der Waals surface area (Å²) in [4.78, 5) is 23.5. The SMILES string of the molecule is C=C(/C=C/c1c(C)cc2c(c1OC)NC(=O)C2=O)NCc1ccco1.CC. The normalized spacial score (nSPS) is 12.3. The number of hydrogen-bond donors (Lipinski definition) is 2. The second-order valence-electron chi connectivity index (χ2n) is 5.64. The Balaban J connectivity index is 0.00000126. The second kappa shape index (κ2) is 8.89. The zero-order chi connectivity index (χ0) is 20.0. The number of aryl methyl sites for hydroxylation is 1. The number of rotatable bonds is 6. The standard InChI is InChI=1S/C19H18N2O4.C2H6/c1-11-9-15-16(21-19(23)17(15)22)18(24-3)14(11)7-6-12(2)20-10-13-5-4-8-25-13;1-2/h4-9,20H,2,10H2,1,3H3,(H,21,22,23);1-2H3/b7-6+;. The van der Waals surface area contributed by atoms with Gasteiger partial charge in [0.05, 0.1) is 31.2 Å². The number of benzene rings is 1. The monoisotopic (exact) mass is 368 g/mol. The Hall–Kier alpha value is -3.28. The van der Waals surface area contributed by atoms with Gasteiger partial charge in [-0.2, -0.15) is 0 Å². The molecule has 1 aliphatic heterocycles. The van der Waals surface area contributed by atoms with Crippen LogP contribution in [-0.4, -0.2) is 18.8 Å². The summed E-state index contributed by atoms with van der Waals surface area (Å²) >= 11 is 0. The lowest BCUT2D eigenvalue weighted by Gasteiger charge is -2.13. The van der Waals surface area contributed by atoms with Gasteiger partial charge in [-0.25, -0.2) is 0 Å². The molecule has 0 unspecified atom stereocenters. The van der Waals surface area contributed by atoms with Gasteiger partial charge in [0.2, 0.25) is 0 Å². The fourth-order valence-electron chi connectivity index (χ4n) is 2.67. The lowest BCUT2D eigenvalue weighted by molar-refractivity contribution is -0.112. The topological polar surface area (TPSA) is 80.6 Å². The molecule has 27 heavy (non-hydrogen) atoms. The van der Waals surface area contributed by atoms with E-state index in [1.54, 1.807) is 18.4 Å². The molecule has 6 heteroatoms. The Kier molecular flexibility index (Phi) is 6.60. The van der Waals surface area contributed by atoms with Crippen LogP contribution in [0.1, 0.15) is 41.1 Å². The number of carbonyl (C=O) groups excluding carboxylic acids is 2. The molecule has 6 nitrogen and oxygen atoms in total. The number of fused-ring (bicyclic) bond motifs is 1. The van der Waals surface area contributed by atoms with Crippen molar-refractivity contribution in [3.8, 4) is 5.75 Å². The molecule has 1 aliphatic rings. The molecule has 1 aromatic heterocycles. The van der Waals surface area contributed by atoms with Gasteiger partial charge < -0.3 is 19.8 Å². The highest BCUT2D eigenvalue weighted by molar-refractivity contribution is 6.52. The molecular formula is C21H24N2O4. The Morgan fingerprint density at radius 3 is 2.74 bits per heavy atom. The third-order valence-electron chi connectivity index (χ3n) is 3.94. The first-order chi connectivity index (χ1) is 13.0. The number of ketones is 1. The van der Waals surface area contributed by atoms with Gasteiger partial charge in [0, 0.05) is 11.3 Å². The van der Waals surface area contributed by atoms with Gasteiger partial charge in [-0.3, -0.25) is 9.59 Å². The van der Waals surface area contributed by atoms with Crippen molar-refractivity contribution in [2.24, 2.45) is 0 Å². The zero-order valence-corrected chi connectivity index (χ0v) is 16.0. The molecule has 0 radical (unpaired) electrons.